The molecule has 0 atom stereocenters. The molecule has 0 aromatic heterocycles. The van der Waals surface area contributed by atoms with Gasteiger partial charge in [0.05, 0.1) is 11.4 Å². The van der Waals surface area contributed by atoms with E-state index in [9.17, 15) is 22.8 Å². The Hall–Kier alpha value is -4.73. The van der Waals surface area contributed by atoms with E-state index < -0.39 is 33.5 Å². The maximum atomic E-state index is 13.6. The molecular weight excluding hydrogens is 540 g/mol. The fourth-order valence-electron chi connectivity index (χ4n) is 3.96. The number of urea groups is 1. The molecule has 0 unspecified atom stereocenters. The van der Waals surface area contributed by atoms with Crippen LogP contribution in [0, 0.1) is 0 Å². The molecule has 4 aromatic carbocycles. The van der Waals surface area contributed by atoms with E-state index in [0.29, 0.717) is 0 Å². The second kappa shape index (κ2) is 10.6. The number of anilines is 2. The lowest BCUT2D eigenvalue weighted by Crippen LogP contribution is -2.57. The summed E-state index contributed by atoms with van der Waals surface area (Å²) in [6.07, 6.45) is 1.17. The van der Waals surface area contributed by atoms with Crippen LogP contribution in [0.3, 0.4) is 0 Å². The van der Waals surface area contributed by atoms with E-state index in [2.05, 4.69) is 0 Å². The Balaban J connectivity index is 1.64. The molecule has 194 valence electrons. The fourth-order valence-corrected chi connectivity index (χ4v) is 5.11. The molecule has 4 amide bonds. The third-order valence-corrected chi connectivity index (χ3v) is 7.26. The van der Waals surface area contributed by atoms with Crippen molar-refractivity contribution in [1.82, 2.24) is 0 Å². The second-order valence-corrected chi connectivity index (χ2v) is 10.3. The summed E-state index contributed by atoms with van der Waals surface area (Å²) in [6.45, 7) is 0. The van der Waals surface area contributed by atoms with Gasteiger partial charge in [-0.2, -0.15) is 8.42 Å². The van der Waals surface area contributed by atoms with Crippen molar-refractivity contribution in [3.05, 3.63) is 125 Å². The first-order chi connectivity index (χ1) is 18.8. The molecule has 0 spiro atoms. The molecular formula is C29H19ClN2O6S. The summed E-state index contributed by atoms with van der Waals surface area (Å²) < 4.78 is 31.2. The molecule has 0 aliphatic carbocycles. The molecule has 0 saturated carbocycles. The van der Waals surface area contributed by atoms with Gasteiger partial charge in [0.2, 0.25) is 0 Å². The molecule has 1 heterocycles. The first kappa shape index (κ1) is 25.9. The van der Waals surface area contributed by atoms with Gasteiger partial charge in [-0.25, -0.2) is 14.6 Å². The average Bonchev–Trinajstić information content (AvgIpc) is 2.94. The van der Waals surface area contributed by atoms with Crippen molar-refractivity contribution in [1.29, 1.82) is 0 Å². The number of amides is 4. The summed E-state index contributed by atoms with van der Waals surface area (Å²) in [5.41, 5.74) is 0.155. The van der Waals surface area contributed by atoms with Crippen LogP contribution in [0.2, 0.25) is 5.02 Å². The summed E-state index contributed by atoms with van der Waals surface area (Å²) in [7, 11) is -4.25. The molecule has 5 rings (SSSR count). The highest BCUT2D eigenvalue weighted by atomic mass is 35.5. The van der Waals surface area contributed by atoms with Crippen LogP contribution in [0.1, 0.15) is 5.56 Å². The normalized spacial score (nSPS) is 14.0. The van der Waals surface area contributed by atoms with Crippen LogP contribution in [0.15, 0.2) is 120 Å². The number of benzene rings is 4. The van der Waals surface area contributed by atoms with E-state index in [1.807, 2.05) is 0 Å². The number of halogens is 1. The Labute approximate surface area is 229 Å². The monoisotopic (exact) mass is 558 g/mol. The standard InChI is InChI=1S/C29H19ClN2O6S/c30-21-16-17-26(38-39(36,37)24-14-8-3-9-15-24)20(18-21)19-25-27(33)31(22-10-4-1-5-11-22)29(35)32(28(25)34)23-12-6-2-7-13-23/h1-19H. The fraction of sp³-hybridized carbons (Fsp3) is 0. The third kappa shape index (κ3) is 5.18. The maximum absolute atomic E-state index is 13.6. The Morgan fingerprint density at radius 3 is 1.67 bits per heavy atom. The predicted octanol–water partition coefficient (Wildman–Crippen LogP) is 5.69. The Kier molecular flexibility index (Phi) is 7.02. The van der Waals surface area contributed by atoms with Gasteiger partial charge in [-0.3, -0.25) is 9.59 Å². The molecule has 1 aliphatic rings. The van der Waals surface area contributed by atoms with Gasteiger partial charge in [0, 0.05) is 10.6 Å². The minimum atomic E-state index is -4.25. The number of carbonyl (C=O) groups excluding carboxylic acids is 3. The lowest BCUT2D eigenvalue weighted by molar-refractivity contribution is -0.121. The first-order valence-corrected chi connectivity index (χ1v) is 13.4. The van der Waals surface area contributed by atoms with Crippen molar-refractivity contribution in [2.75, 3.05) is 9.80 Å². The lowest BCUT2D eigenvalue weighted by Gasteiger charge is -2.34. The Morgan fingerprint density at radius 1 is 0.667 bits per heavy atom. The van der Waals surface area contributed by atoms with Gasteiger partial charge in [0.15, 0.2) is 0 Å². The molecule has 0 N–H and O–H groups in total. The highest BCUT2D eigenvalue weighted by molar-refractivity contribution is 7.87. The molecule has 4 aromatic rings. The summed E-state index contributed by atoms with van der Waals surface area (Å²) in [4.78, 5) is 42.4. The molecule has 39 heavy (non-hydrogen) atoms. The van der Waals surface area contributed by atoms with E-state index in [0.717, 1.165) is 9.80 Å². The number of hydrogen-bond acceptors (Lipinski definition) is 6. The number of rotatable bonds is 6. The van der Waals surface area contributed by atoms with E-state index in [4.69, 9.17) is 15.8 Å². The number of nitrogens with zero attached hydrogens (tertiary/aromatic N) is 2. The van der Waals surface area contributed by atoms with Crippen LogP contribution in [0.5, 0.6) is 5.75 Å². The Morgan fingerprint density at radius 2 is 1.15 bits per heavy atom. The van der Waals surface area contributed by atoms with Crippen molar-refractivity contribution in [3.8, 4) is 5.75 Å². The largest absolute Gasteiger partial charge is 0.378 e. The average molecular weight is 559 g/mol. The van der Waals surface area contributed by atoms with Gasteiger partial charge in [-0.15, -0.1) is 0 Å². The van der Waals surface area contributed by atoms with Crippen LogP contribution in [-0.4, -0.2) is 26.3 Å². The Bertz CT molecular complexity index is 1650. The van der Waals surface area contributed by atoms with E-state index in [1.165, 1.54) is 36.4 Å². The van der Waals surface area contributed by atoms with Crippen LogP contribution in [0.4, 0.5) is 16.2 Å². The zero-order chi connectivity index (χ0) is 27.6. The SMILES string of the molecule is O=C1C(=Cc2cc(Cl)ccc2OS(=O)(=O)c2ccccc2)C(=O)N(c2ccccc2)C(=O)N1c1ccccc1. The molecule has 8 nitrogen and oxygen atoms in total. The molecule has 0 radical (unpaired) electrons. The highest BCUT2D eigenvalue weighted by Crippen LogP contribution is 2.33. The quantitative estimate of drug-likeness (QED) is 0.171. The number of hydrogen-bond donors (Lipinski definition) is 0. The summed E-state index contributed by atoms with van der Waals surface area (Å²) in [6, 6.07) is 27.1. The van der Waals surface area contributed by atoms with Gasteiger partial charge in [0.1, 0.15) is 16.2 Å². The smallest absolute Gasteiger partial charge is 0.343 e. The first-order valence-electron chi connectivity index (χ1n) is 11.6. The number of carbonyl (C=O) groups is 3. The van der Waals surface area contributed by atoms with E-state index in [1.54, 1.807) is 78.9 Å². The van der Waals surface area contributed by atoms with Crippen molar-refractivity contribution in [3.63, 3.8) is 0 Å². The van der Waals surface area contributed by atoms with Crippen LogP contribution in [-0.2, 0) is 19.7 Å². The number of para-hydroxylation sites is 2. The van der Waals surface area contributed by atoms with Crippen molar-refractivity contribution in [2.24, 2.45) is 0 Å². The van der Waals surface area contributed by atoms with Crippen LogP contribution in [0.25, 0.3) is 6.08 Å². The van der Waals surface area contributed by atoms with Crippen molar-refractivity contribution < 1.29 is 27.0 Å². The molecule has 1 fully saturated rings. The maximum Gasteiger partial charge on any atom is 0.343 e. The van der Waals surface area contributed by atoms with Crippen molar-refractivity contribution >= 4 is 57.0 Å². The van der Waals surface area contributed by atoms with Crippen LogP contribution >= 0.6 is 11.6 Å². The summed E-state index contributed by atoms with van der Waals surface area (Å²) in [5, 5.41) is 0.206. The second-order valence-electron chi connectivity index (χ2n) is 8.33. The zero-order valence-corrected chi connectivity index (χ0v) is 21.7. The van der Waals surface area contributed by atoms with Gasteiger partial charge in [0.25, 0.3) is 11.8 Å². The van der Waals surface area contributed by atoms with Crippen LogP contribution < -0.4 is 14.0 Å². The number of barbiturate groups is 1. The van der Waals surface area contributed by atoms with Gasteiger partial charge < -0.3 is 4.18 Å². The van der Waals surface area contributed by atoms with E-state index >= 15 is 0 Å². The molecule has 10 heteroatoms. The summed E-state index contributed by atoms with van der Waals surface area (Å²) >= 11 is 6.19. The van der Waals surface area contributed by atoms with Gasteiger partial charge in [-0.05, 0) is 60.7 Å². The zero-order valence-electron chi connectivity index (χ0n) is 20.1. The lowest BCUT2D eigenvalue weighted by atomic mass is 10.0. The topological polar surface area (TPSA) is 101 Å². The third-order valence-electron chi connectivity index (χ3n) is 5.78. The number of imide groups is 2. The summed E-state index contributed by atoms with van der Waals surface area (Å²) in [5.74, 6) is -1.94. The minimum Gasteiger partial charge on any atom is -0.378 e. The molecule has 0 bridgehead atoms. The molecule has 1 aliphatic heterocycles. The van der Waals surface area contributed by atoms with E-state index in [-0.39, 0.29) is 32.6 Å². The predicted molar refractivity (Wildman–Crippen MR) is 147 cm³/mol. The van der Waals surface area contributed by atoms with Crippen molar-refractivity contribution in [2.45, 2.75) is 4.90 Å². The van der Waals surface area contributed by atoms with Gasteiger partial charge >= 0.3 is 16.1 Å². The van der Waals surface area contributed by atoms with Gasteiger partial charge in [-0.1, -0.05) is 66.2 Å². The minimum absolute atomic E-state index is 0.0501. The molecule has 1 saturated heterocycles. The highest BCUT2D eigenvalue weighted by Gasteiger charge is 2.43.